The minimum absolute atomic E-state index is 0.0623. The van der Waals surface area contributed by atoms with Crippen LogP contribution in [0.5, 0.6) is 0 Å². The molecule has 148 valence electrons. The van der Waals surface area contributed by atoms with E-state index in [1.165, 1.54) is 16.7 Å². The van der Waals surface area contributed by atoms with Crippen LogP contribution in [0, 0.1) is 6.92 Å². The fourth-order valence-corrected chi connectivity index (χ4v) is 3.94. The van der Waals surface area contributed by atoms with Gasteiger partial charge in [-0.15, -0.1) is 0 Å². The van der Waals surface area contributed by atoms with Gasteiger partial charge in [0.1, 0.15) is 5.71 Å². The van der Waals surface area contributed by atoms with Crippen LogP contribution in [0.2, 0.25) is 0 Å². The van der Waals surface area contributed by atoms with Gasteiger partial charge in [0.2, 0.25) is 5.82 Å². The molecule has 0 saturated carbocycles. The molecule has 2 heterocycles. The third-order valence-corrected chi connectivity index (χ3v) is 5.43. The Balaban J connectivity index is 1.65. The van der Waals surface area contributed by atoms with Crippen LogP contribution in [0.15, 0.2) is 58.1 Å². The van der Waals surface area contributed by atoms with E-state index in [2.05, 4.69) is 55.2 Å². The van der Waals surface area contributed by atoms with Crippen LogP contribution >= 0.6 is 0 Å². The van der Waals surface area contributed by atoms with Crippen LogP contribution < -0.4 is 5.73 Å². The Labute approximate surface area is 171 Å². The SMILES string of the molecule is CCc1cc(-c2noc(C3=NC(C)C(c4ccccc4)=C3)n2)cc(C)c1CCN. The quantitative estimate of drug-likeness (QED) is 0.682. The Kier molecular flexibility index (Phi) is 5.41. The van der Waals surface area contributed by atoms with Crippen molar-refractivity contribution in [3.8, 4) is 11.4 Å². The molecule has 3 aromatic rings. The molecule has 1 aromatic heterocycles. The minimum atomic E-state index is 0.0623. The summed E-state index contributed by atoms with van der Waals surface area (Å²) in [5.74, 6) is 1.05. The number of benzene rings is 2. The monoisotopic (exact) mass is 386 g/mol. The summed E-state index contributed by atoms with van der Waals surface area (Å²) in [6.45, 7) is 7.00. The summed E-state index contributed by atoms with van der Waals surface area (Å²) >= 11 is 0. The van der Waals surface area contributed by atoms with Gasteiger partial charge < -0.3 is 10.3 Å². The maximum absolute atomic E-state index is 5.78. The van der Waals surface area contributed by atoms with E-state index in [1.54, 1.807) is 0 Å². The Hall–Kier alpha value is -3.05. The number of aromatic nitrogens is 2. The Morgan fingerprint density at radius 1 is 1.10 bits per heavy atom. The number of rotatable bonds is 6. The van der Waals surface area contributed by atoms with Crippen LogP contribution in [-0.2, 0) is 12.8 Å². The van der Waals surface area contributed by atoms with E-state index in [0.717, 1.165) is 35.3 Å². The van der Waals surface area contributed by atoms with E-state index in [-0.39, 0.29) is 6.04 Å². The standard InChI is InChI=1S/C24H26N4O/c1-4-17-13-19(12-15(2)20(17)10-11-25)23-27-24(29-28-23)22-14-21(16(3)26-22)18-8-6-5-7-9-18/h5-9,12-14,16H,4,10-11,25H2,1-3H3. The largest absolute Gasteiger partial charge is 0.332 e. The smallest absolute Gasteiger partial charge is 0.276 e. The molecule has 1 aliphatic heterocycles. The number of aryl methyl sites for hydroxylation is 2. The van der Waals surface area contributed by atoms with Gasteiger partial charge in [0.05, 0.1) is 6.04 Å². The average molecular weight is 386 g/mol. The van der Waals surface area contributed by atoms with E-state index >= 15 is 0 Å². The average Bonchev–Trinajstić information content (AvgIpc) is 3.37. The van der Waals surface area contributed by atoms with Crippen molar-refractivity contribution >= 4 is 11.3 Å². The van der Waals surface area contributed by atoms with Crippen molar-refractivity contribution in [1.82, 2.24) is 10.1 Å². The van der Waals surface area contributed by atoms with Gasteiger partial charge in [-0.2, -0.15) is 4.98 Å². The lowest BCUT2D eigenvalue weighted by Gasteiger charge is -2.12. The first-order valence-corrected chi connectivity index (χ1v) is 10.1. The van der Waals surface area contributed by atoms with Crippen LogP contribution in [0.25, 0.3) is 17.0 Å². The molecule has 4 rings (SSSR count). The zero-order valence-corrected chi connectivity index (χ0v) is 17.1. The van der Waals surface area contributed by atoms with Crippen molar-refractivity contribution in [2.75, 3.05) is 6.54 Å². The van der Waals surface area contributed by atoms with Crippen molar-refractivity contribution < 1.29 is 4.52 Å². The lowest BCUT2D eigenvalue weighted by atomic mass is 9.94. The van der Waals surface area contributed by atoms with Gasteiger partial charge in [0.15, 0.2) is 0 Å². The molecule has 0 radical (unpaired) electrons. The molecule has 0 amide bonds. The second-order valence-corrected chi connectivity index (χ2v) is 7.40. The molecule has 5 nitrogen and oxygen atoms in total. The van der Waals surface area contributed by atoms with E-state index < -0.39 is 0 Å². The van der Waals surface area contributed by atoms with Gasteiger partial charge in [-0.3, -0.25) is 4.99 Å². The summed E-state index contributed by atoms with van der Waals surface area (Å²) in [5.41, 5.74) is 13.6. The summed E-state index contributed by atoms with van der Waals surface area (Å²) in [4.78, 5) is 9.37. The van der Waals surface area contributed by atoms with Gasteiger partial charge in [0.25, 0.3) is 5.89 Å². The Morgan fingerprint density at radius 2 is 1.90 bits per heavy atom. The summed E-state index contributed by atoms with van der Waals surface area (Å²) in [5, 5.41) is 4.23. The number of nitrogens with zero attached hydrogens (tertiary/aromatic N) is 3. The van der Waals surface area contributed by atoms with Crippen LogP contribution in [0.3, 0.4) is 0 Å². The maximum atomic E-state index is 5.78. The second-order valence-electron chi connectivity index (χ2n) is 7.40. The molecule has 0 saturated heterocycles. The topological polar surface area (TPSA) is 77.3 Å². The molecule has 2 N–H and O–H groups in total. The van der Waals surface area contributed by atoms with E-state index in [0.29, 0.717) is 18.3 Å². The van der Waals surface area contributed by atoms with Gasteiger partial charge in [0, 0.05) is 5.56 Å². The number of allylic oxidation sites excluding steroid dienone is 1. The van der Waals surface area contributed by atoms with E-state index in [1.807, 2.05) is 24.3 Å². The predicted octanol–water partition coefficient (Wildman–Crippen LogP) is 4.38. The van der Waals surface area contributed by atoms with E-state index in [9.17, 15) is 0 Å². The molecule has 0 spiro atoms. The van der Waals surface area contributed by atoms with Gasteiger partial charge in [-0.05, 0) is 79.3 Å². The van der Waals surface area contributed by atoms with Crippen LogP contribution in [0.4, 0.5) is 0 Å². The lowest BCUT2D eigenvalue weighted by Crippen LogP contribution is -2.07. The fraction of sp³-hybridized carbons (Fsp3) is 0.292. The van der Waals surface area contributed by atoms with Gasteiger partial charge in [-0.1, -0.05) is 42.4 Å². The summed E-state index contributed by atoms with van der Waals surface area (Å²) in [6.07, 6.45) is 3.88. The molecule has 1 unspecified atom stereocenters. The van der Waals surface area contributed by atoms with E-state index in [4.69, 9.17) is 15.2 Å². The normalized spacial score (nSPS) is 16.1. The Bertz CT molecular complexity index is 1080. The van der Waals surface area contributed by atoms with Crippen LogP contribution in [-0.4, -0.2) is 28.4 Å². The number of hydrogen-bond acceptors (Lipinski definition) is 5. The lowest BCUT2D eigenvalue weighted by molar-refractivity contribution is 0.412. The first kappa shape index (κ1) is 19.3. The number of aliphatic imine (C=N–C) groups is 1. The molecular weight excluding hydrogens is 360 g/mol. The van der Waals surface area contributed by atoms with Gasteiger partial charge in [-0.25, -0.2) is 0 Å². The van der Waals surface area contributed by atoms with Crippen molar-refractivity contribution in [3.63, 3.8) is 0 Å². The summed E-state index contributed by atoms with van der Waals surface area (Å²) in [7, 11) is 0. The highest BCUT2D eigenvalue weighted by atomic mass is 16.5. The molecule has 1 aliphatic rings. The molecule has 0 aliphatic carbocycles. The molecule has 2 aromatic carbocycles. The van der Waals surface area contributed by atoms with Crippen LogP contribution in [0.1, 0.15) is 42.0 Å². The predicted molar refractivity (Wildman–Crippen MR) is 117 cm³/mol. The first-order valence-electron chi connectivity index (χ1n) is 10.1. The molecule has 1 atom stereocenters. The highest BCUT2D eigenvalue weighted by Gasteiger charge is 2.23. The second kappa shape index (κ2) is 8.13. The minimum Gasteiger partial charge on any atom is -0.332 e. The molecule has 5 heteroatoms. The first-order chi connectivity index (χ1) is 14.1. The highest BCUT2D eigenvalue weighted by Crippen LogP contribution is 2.28. The summed E-state index contributed by atoms with van der Waals surface area (Å²) < 4.78 is 5.57. The molecular formula is C24H26N4O. The third-order valence-electron chi connectivity index (χ3n) is 5.43. The molecule has 0 fully saturated rings. The number of hydrogen-bond donors (Lipinski definition) is 1. The van der Waals surface area contributed by atoms with Crippen molar-refractivity contribution in [3.05, 3.63) is 76.7 Å². The summed E-state index contributed by atoms with van der Waals surface area (Å²) in [6, 6.07) is 14.6. The maximum Gasteiger partial charge on any atom is 0.276 e. The highest BCUT2D eigenvalue weighted by molar-refractivity contribution is 6.13. The zero-order chi connectivity index (χ0) is 20.4. The van der Waals surface area contributed by atoms with Crippen molar-refractivity contribution in [2.24, 2.45) is 10.7 Å². The Morgan fingerprint density at radius 3 is 2.62 bits per heavy atom. The molecule has 0 bridgehead atoms. The van der Waals surface area contributed by atoms with Crippen molar-refractivity contribution in [2.45, 2.75) is 39.7 Å². The molecule has 29 heavy (non-hydrogen) atoms. The van der Waals surface area contributed by atoms with Crippen molar-refractivity contribution in [1.29, 1.82) is 0 Å². The van der Waals surface area contributed by atoms with Gasteiger partial charge >= 0.3 is 0 Å². The number of nitrogens with two attached hydrogens (primary N) is 1. The fourth-order valence-electron chi connectivity index (χ4n) is 3.94. The third kappa shape index (κ3) is 3.78. The zero-order valence-electron chi connectivity index (χ0n) is 17.1.